The Balaban J connectivity index is 2.45. The van der Waals surface area contributed by atoms with E-state index >= 15 is 0 Å². The van der Waals surface area contributed by atoms with E-state index in [0.717, 1.165) is 32.1 Å². The van der Waals surface area contributed by atoms with Crippen molar-refractivity contribution in [1.29, 1.82) is 0 Å². The normalized spacial score (nSPS) is 16.3. The highest BCUT2D eigenvalue weighted by molar-refractivity contribution is 6.07. The van der Waals surface area contributed by atoms with Crippen molar-refractivity contribution in [3.05, 3.63) is 18.2 Å². The molecule has 0 spiro atoms. The van der Waals surface area contributed by atoms with Gasteiger partial charge in [-0.2, -0.15) is 0 Å². The van der Waals surface area contributed by atoms with Gasteiger partial charge in [0.05, 0.1) is 22.5 Å². The van der Waals surface area contributed by atoms with E-state index in [1.807, 2.05) is 0 Å². The van der Waals surface area contributed by atoms with Crippen LogP contribution >= 0.6 is 0 Å². The average Bonchev–Trinajstić information content (AvgIpc) is 2.56. The number of rotatable bonds is 4. The van der Waals surface area contributed by atoms with Crippen molar-refractivity contribution in [3.63, 3.8) is 0 Å². The van der Waals surface area contributed by atoms with Crippen molar-refractivity contribution in [2.45, 2.75) is 66.7 Å². The molecule has 148 valence electrons. The molecule has 0 radical (unpaired) electrons. The molecule has 0 heterocycles. The van der Waals surface area contributed by atoms with Crippen LogP contribution in [0.1, 0.15) is 66.7 Å². The fourth-order valence-electron chi connectivity index (χ4n) is 3.98. The van der Waals surface area contributed by atoms with Gasteiger partial charge >= 0.3 is 0 Å². The second-order valence-electron chi connectivity index (χ2n) is 8.44. The van der Waals surface area contributed by atoms with Crippen LogP contribution in [0, 0.1) is 10.8 Å². The number of anilines is 3. The Bertz CT molecular complexity index is 694. The Hall–Kier alpha value is -2.37. The first-order chi connectivity index (χ1) is 12.6. The number of nitrogens with one attached hydrogen (secondary N) is 3. The predicted molar refractivity (Wildman–Crippen MR) is 109 cm³/mol. The number of hydrogen-bond donors (Lipinski definition) is 3. The molecule has 0 aliphatic heterocycles. The van der Waals surface area contributed by atoms with Crippen LogP contribution in [0.2, 0.25) is 0 Å². The zero-order chi connectivity index (χ0) is 20.2. The van der Waals surface area contributed by atoms with Crippen LogP contribution in [0.25, 0.3) is 0 Å². The lowest BCUT2D eigenvalue weighted by Gasteiger charge is -2.46. The summed E-state index contributed by atoms with van der Waals surface area (Å²) in [6.45, 7) is 9.13. The standard InChI is InChI=1S/C21H31N3O3/c1-14(25)22-16-10-9-11-17(23-15(2)26)18(16)24-19(27)21(20(3,4)5)12-7-6-8-13-21/h9-11H,6-8,12-13H2,1-5H3,(H,22,25)(H,23,26)(H,24,27). The van der Waals surface area contributed by atoms with Crippen LogP contribution in [-0.4, -0.2) is 17.7 Å². The highest BCUT2D eigenvalue weighted by Crippen LogP contribution is 2.50. The van der Waals surface area contributed by atoms with Crippen LogP contribution in [0.15, 0.2) is 18.2 Å². The summed E-state index contributed by atoms with van der Waals surface area (Å²) in [5.74, 6) is -0.540. The molecular formula is C21H31N3O3. The number of para-hydroxylation sites is 1. The first kappa shape index (κ1) is 20.9. The molecule has 0 saturated heterocycles. The molecule has 3 N–H and O–H groups in total. The summed E-state index contributed by atoms with van der Waals surface area (Å²) in [7, 11) is 0. The Morgan fingerprint density at radius 2 is 1.33 bits per heavy atom. The minimum absolute atomic E-state index is 0.0564. The minimum Gasteiger partial charge on any atom is -0.324 e. The Kier molecular flexibility index (Phi) is 6.29. The van der Waals surface area contributed by atoms with Gasteiger partial charge in [-0.3, -0.25) is 14.4 Å². The summed E-state index contributed by atoms with van der Waals surface area (Å²) in [4.78, 5) is 36.7. The molecule has 1 aromatic carbocycles. The van der Waals surface area contributed by atoms with Gasteiger partial charge in [-0.15, -0.1) is 0 Å². The van der Waals surface area contributed by atoms with Crippen molar-refractivity contribution < 1.29 is 14.4 Å². The zero-order valence-electron chi connectivity index (χ0n) is 17.0. The molecule has 2 rings (SSSR count). The molecule has 27 heavy (non-hydrogen) atoms. The van der Waals surface area contributed by atoms with Gasteiger partial charge in [0.2, 0.25) is 17.7 Å². The lowest BCUT2D eigenvalue weighted by Crippen LogP contribution is -2.47. The SMILES string of the molecule is CC(=O)Nc1cccc(NC(C)=O)c1NC(=O)C1(C(C)(C)C)CCCCC1. The summed E-state index contributed by atoms with van der Waals surface area (Å²) in [5.41, 5.74) is 0.697. The van der Waals surface area contributed by atoms with Crippen molar-refractivity contribution in [2.24, 2.45) is 10.8 Å². The molecule has 0 atom stereocenters. The Labute approximate surface area is 161 Å². The zero-order valence-corrected chi connectivity index (χ0v) is 17.0. The molecule has 1 aliphatic rings. The quantitative estimate of drug-likeness (QED) is 0.724. The molecule has 0 bridgehead atoms. The van der Waals surface area contributed by atoms with Gasteiger partial charge in [-0.05, 0) is 30.4 Å². The number of benzene rings is 1. The van der Waals surface area contributed by atoms with Gasteiger partial charge in [0.1, 0.15) is 0 Å². The number of carbonyl (C=O) groups is 3. The van der Waals surface area contributed by atoms with Crippen LogP contribution in [0.4, 0.5) is 17.1 Å². The smallest absolute Gasteiger partial charge is 0.231 e. The Morgan fingerprint density at radius 3 is 1.74 bits per heavy atom. The third-order valence-corrected chi connectivity index (χ3v) is 5.50. The first-order valence-corrected chi connectivity index (χ1v) is 9.56. The van der Waals surface area contributed by atoms with E-state index in [-0.39, 0.29) is 23.1 Å². The van der Waals surface area contributed by atoms with E-state index in [2.05, 4.69) is 36.7 Å². The molecule has 0 unspecified atom stereocenters. The van der Waals surface area contributed by atoms with Gasteiger partial charge in [-0.1, -0.05) is 46.1 Å². The molecular weight excluding hydrogens is 342 g/mol. The minimum atomic E-state index is -0.484. The van der Waals surface area contributed by atoms with E-state index in [1.165, 1.54) is 13.8 Å². The predicted octanol–water partition coefficient (Wildman–Crippen LogP) is 4.54. The van der Waals surface area contributed by atoms with Crippen molar-refractivity contribution in [3.8, 4) is 0 Å². The van der Waals surface area contributed by atoms with Crippen molar-refractivity contribution >= 4 is 34.8 Å². The maximum absolute atomic E-state index is 13.5. The molecule has 6 nitrogen and oxygen atoms in total. The van der Waals surface area contributed by atoms with Crippen molar-refractivity contribution in [2.75, 3.05) is 16.0 Å². The van der Waals surface area contributed by atoms with Gasteiger partial charge in [0, 0.05) is 13.8 Å². The number of hydrogen-bond acceptors (Lipinski definition) is 3. The first-order valence-electron chi connectivity index (χ1n) is 9.56. The van der Waals surface area contributed by atoms with Gasteiger partial charge in [0.15, 0.2) is 0 Å². The van der Waals surface area contributed by atoms with E-state index in [9.17, 15) is 14.4 Å². The lowest BCUT2D eigenvalue weighted by molar-refractivity contribution is -0.135. The van der Waals surface area contributed by atoms with Crippen LogP contribution in [0.5, 0.6) is 0 Å². The lowest BCUT2D eigenvalue weighted by atomic mass is 9.59. The maximum Gasteiger partial charge on any atom is 0.231 e. The van der Waals surface area contributed by atoms with Crippen LogP contribution in [0.3, 0.4) is 0 Å². The van der Waals surface area contributed by atoms with E-state index in [1.54, 1.807) is 18.2 Å². The summed E-state index contributed by atoms with van der Waals surface area (Å²) in [6.07, 6.45) is 4.86. The average molecular weight is 373 g/mol. The van der Waals surface area contributed by atoms with Crippen LogP contribution in [-0.2, 0) is 14.4 Å². The second-order valence-corrected chi connectivity index (χ2v) is 8.44. The molecule has 0 aromatic heterocycles. The highest BCUT2D eigenvalue weighted by atomic mass is 16.2. The van der Waals surface area contributed by atoms with Gasteiger partial charge < -0.3 is 16.0 Å². The number of amides is 3. The molecule has 1 aliphatic carbocycles. The molecule has 1 aromatic rings. The largest absolute Gasteiger partial charge is 0.324 e. The third kappa shape index (κ3) is 4.67. The molecule has 1 fully saturated rings. The van der Waals surface area contributed by atoms with Gasteiger partial charge in [-0.25, -0.2) is 0 Å². The second kappa shape index (κ2) is 8.11. The van der Waals surface area contributed by atoms with Crippen LogP contribution < -0.4 is 16.0 Å². The topological polar surface area (TPSA) is 87.3 Å². The van der Waals surface area contributed by atoms with Gasteiger partial charge in [0.25, 0.3) is 0 Å². The van der Waals surface area contributed by atoms with E-state index in [0.29, 0.717) is 17.1 Å². The van der Waals surface area contributed by atoms with E-state index < -0.39 is 5.41 Å². The summed E-state index contributed by atoms with van der Waals surface area (Å²) in [5, 5.41) is 8.52. The molecule has 1 saturated carbocycles. The molecule has 3 amide bonds. The molecule has 6 heteroatoms. The summed E-state index contributed by atoms with van der Waals surface area (Å²) >= 11 is 0. The number of carbonyl (C=O) groups excluding carboxylic acids is 3. The third-order valence-electron chi connectivity index (χ3n) is 5.50. The summed E-state index contributed by atoms with van der Waals surface area (Å²) < 4.78 is 0. The fourth-order valence-corrected chi connectivity index (χ4v) is 3.98. The fraction of sp³-hybridized carbons (Fsp3) is 0.571. The maximum atomic E-state index is 13.5. The Morgan fingerprint density at radius 1 is 0.852 bits per heavy atom. The monoisotopic (exact) mass is 373 g/mol. The highest BCUT2D eigenvalue weighted by Gasteiger charge is 2.48. The summed E-state index contributed by atoms with van der Waals surface area (Å²) in [6, 6.07) is 5.16. The van der Waals surface area contributed by atoms with Crippen molar-refractivity contribution in [1.82, 2.24) is 0 Å². The van der Waals surface area contributed by atoms with E-state index in [4.69, 9.17) is 0 Å².